The lowest BCUT2D eigenvalue weighted by Crippen LogP contribution is -2.30. The van der Waals surface area contributed by atoms with Gasteiger partial charge in [-0.3, -0.25) is 0 Å². The predicted molar refractivity (Wildman–Crippen MR) is 85.8 cm³/mol. The number of nitrogens with zero attached hydrogens (tertiary/aromatic N) is 2. The van der Waals surface area contributed by atoms with Gasteiger partial charge >= 0.3 is 0 Å². The highest BCUT2D eigenvalue weighted by molar-refractivity contribution is 5.88. The summed E-state index contributed by atoms with van der Waals surface area (Å²) in [6.07, 6.45) is 1.82. The number of benzene rings is 2. The smallest absolute Gasteiger partial charge is 0.0923 e. The Morgan fingerprint density at radius 3 is 1.50 bits per heavy atom. The molecule has 20 heavy (non-hydrogen) atoms. The summed E-state index contributed by atoms with van der Waals surface area (Å²) in [6.45, 7) is 0. The van der Waals surface area contributed by atoms with E-state index in [0.29, 0.717) is 4.59 Å². The zero-order valence-electron chi connectivity index (χ0n) is 12.6. The van der Waals surface area contributed by atoms with Crippen molar-refractivity contribution in [3.05, 3.63) is 71.8 Å². The van der Waals surface area contributed by atoms with Gasteiger partial charge in [0.1, 0.15) is 0 Å². The van der Waals surface area contributed by atoms with E-state index in [1.807, 2.05) is 0 Å². The highest BCUT2D eigenvalue weighted by Gasteiger charge is 2.11. The molecule has 0 aliphatic heterocycles. The maximum atomic E-state index is 4.85. The normalized spacial score (nSPS) is 11.2. The maximum Gasteiger partial charge on any atom is 0.0923 e. The zero-order valence-corrected chi connectivity index (χ0v) is 12.6. The first-order valence-electron chi connectivity index (χ1n) is 7.00. The van der Waals surface area contributed by atoms with Gasteiger partial charge in [0.2, 0.25) is 0 Å². The van der Waals surface area contributed by atoms with Gasteiger partial charge in [-0.1, -0.05) is 65.8 Å². The van der Waals surface area contributed by atoms with E-state index in [1.54, 1.807) is 0 Å². The molecule has 2 rings (SSSR count). The van der Waals surface area contributed by atoms with E-state index in [-0.39, 0.29) is 0 Å². The second kappa shape index (κ2) is 6.49. The molecule has 0 aromatic heterocycles. The van der Waals surface area contributed by atoms with Gasteiger partial charge in [0.15, 0.2) is 0 Å². The average molecular weight is 267 g/mol. The first-order chi connectivity index (χ1) is 9.53. The lowest BCUT2D eigenvalue weighted by atomic mass is 10.0. The molecule has 0 saturated heterocycles. The molecule has 2 aromatic carbocycles. The first-order valence-corrected chi connectivity index (χ1v) is 7.00. The Morgan fingerprint density at radius 2 is 1.15 bits per heavy atom. The molecule has 0 amide bonds. The van der Waals surface area contributed by atoms with Gasteiger partial charge in [0, 0.05) is 12.8 Å². The summed E-state index contributed by atoms with van der Waals surface area (Å²) in [5, 5.41) is 4.85. The van der Waals surface area contributed by atoms with Crippen molar-refractivity contribution < 1.29 is 4.59 Å². The van der Waals surface area contributed by atoms with Crippen LogP contribution in [0.3, 0.4) is 0 Å². The van der Waals surface area contributed by atoms with Crippen molar-refractivity contribution >= 4 is 5.71 Å². The minimum absolute atomic E-state index is 0.606. The van der Waals surface area contributed by atoms with Crippen LogP contribution in [0, 0.1) is 0 Å². The molecule has 0 atom stereocenters. The summed E-state index contributed by atoms with van der Waals surface area (Å²) in [5.41, 5.74) is 3.85. The van der Waals surface area contributed by atoms with Gasteiger partial charge in [-0.25, -0.2) is 4.59 Å². The minimum atomic E-state index is 0.606. The summed E-state index contributed by atoms with van der Waals surface area (Å²) in [7, 11) is 6.28. The molecular formula is C18H23N2+. The van der Waals surface area contributed by atoms with Gasteiger partial charge in [-0.15, -0.1) is 0 Å². The van der Waals surface area contributed by atoms with Crippen molar-refractivity contribution in [2.45, 2.75) is 12.8 Å². The van der Waals surface area contributed by atoms with E-state index in [2.05, 4.69) is 81.8 Å². The van der Waals surface area contributed by atoms with Crippen LogP contribution in [0.25, 0.3) is 0 Å². The van der Waals surface area contributed by atoms with Crippen LogP contribution in [-0.2, 0) is 12.8 Å². The second-order valence-corrected chi connectivity index (χ2v) is 5.93. The van der Waals surface area contributed by atoms with Crippen LogP contribution in [0.2, 0.25) is 0 Å². The summed E-state index contributed by atoms with van der Waals surface area (Å²) in [6, 6.07) is 21.1. The third-order valence-corrected chi connectivity index (χ3v) is 2.94. The number of hydrogen-bond donors (Lipinski definition) is 0. The standard InChI is InChI=1S/C18H23N2/c1-20(2,3)19-18(14-16-10-6-4-7-11-16)15-17-12-8-5-9-13-17/h4-13H,14-15H2,1-3H3/q+1. The highest BCUT2D eigenvalue weighted by atomic mass is 15.6. The summed E-state index contributed by atoms with van der Waals surface area (Å²) < 4.78 is 0.606. The van der Waals surface area contributed by atoms with Gasteiger partial charge in [0.05, 0.1) is 26.9 Å². The average Bonchev–Trinajstić information content (AvgIpc) is 2.39. The highest BCUT2D eigenvalue weighted by Crippen LogP contribution is 2.09. The van der Waals surface area contributed by atoms with E-state index < -0.39 is 0 Å². The molecular weight excluding hydrogens is 244 g/mol. The fourth-order valence-corrected chi connectivity index (χ4v) is 2.22. The van der Waals surface area contributed by atoms with Gasteiger partial charge in [-0.2, -0.15) is 0 Å². The Bertz CT molecular complexity index is 507. The molecule has 0 fully saturated rings. The van der Waals surface area contributed by atoms with E-state index in [1.165, 1.54) is 16.8 Å². The monoisotopic (exact) mass is 267 g/mol. The zero-order chi connectivity index (χ0) is 14.4. The SMILES string of the molecule is C[N+](C)(C)N=C(Cc1ccccc1)Cc1ccccc1. The second-order valence-electron chi connectivity index (χ2n) is 5.93. The van der Waals surface area contributed by atoms with Crippen molar-refractivity contribution in [3.8, 4) is 0 Å². The van der Waals surface area contributed by atoms with Crippen molar-refractivity contribution in [3.63, 3.8) is 0 Å². The maximum absolute atomic E-state index is 4.85. The Morgan fingerprint density at radius 1 is 0.750 bits per heavy atom. The first kappa shape index (κ1) is 14.5. The number of quaternary nitrogens is 1. The molecule has 0 heterocycles. The largest absolute Gasteiger partial charge is 0.205 e. The predicted octanol–water partition coefficient (Wildman–Crippen LogP) is 3.53. The van der Waals surface area contributed by atoms with Crippen molar-refractivity contribution in [2.75, 3.05) is 21.1 Å². The molecule has 0 radical (unpaired) electrons. The summed E-state index contributed by atoms with van der Waals surface area (Å²) in [4.78, 5) is 0. The Labute approximate surface area is 122 Å². The van der Waals surface area contributed by atoms with E-state index in [9.17, 15) is 0 Å². The fourth-order valence-electron chi connectivity index (χ4n) is 2.22. The molecule has 0 aliphatic rings. The molecule has 0 aliphatic carbocycles. The van der Waals surface area contributed by atoms with E-state index in [0.717, 1.165) is 12.8 Å². The van der Waals surface area contributed by atoms with Crippen LogP contribution >= 0.6 is 0 Å². The molecule has 0 saturated carbocycles. The fraction of sp³-hybridized carbons (Fsp3) is 0.278. The van der Waals surface area contributed by atoms with Crippen LogP contribution in [-0.4, -0.2) is 31.4 Å². The molecule has 0 unspecified atom stereocenters. The quantitative estimate of drug-likeness (QED) is 0.446. The molecule has 0 bridgehead atoms. The Hall–Kier alpha value is -1.93. The topological polar surface area (TPSA) is 12.4 Å². The minimum Gasteiger partial charge on any atom is -0.205 e. The Kier molecular flexibility index (Phi) is 4.70. The van der Waals surface area contributed by atoms with Crippen LogP contribution in [0.4, 0.5) is 0 Å². The van der Waals surface area contributed by atoms with Gasteiger partial charge in [0.25, 0.3) is 0 Å². The third-order valence-electron chi connectivity index (χ3n) is 2.94. The molecule has 0 spiro atoms. The van der Waals surface area contributed by atoms with Crippen molar-refractivity contribution in [1.29, 1.82) is 0 Å². The van der Waals surface area contributed by atoms with Crippen LogP contribution in [0.15, 0.2) is 65.8 Å². The van der Waals surface area contributed by atoms with Crippen LogP contribution in [0.5, 0.6) is 0 Å². The molecule has 2 aromatic rings. The van der Waals surface area contributed by atoms with E-state index in [4.69, 9.17) is 5.10 Å². The molecule has 2 heteroatoms. The van der Waals surface area contributed by atoms with Gasteiger partial charge < -0.3 is 0 Å². The lowest BCUT2D eigenvalue weighted by molar-refractivity contribution is -0.877. The van der Waals surface area contributed by atoms with Crippen LogP contribution < -0.4 is 0 Å². The number of rotatable bonds is 5. The van der Waals surface area contributed by atoms with Gasteiger partial charge in [-0.05, 0) is 11.1 Å². The van der Waals surface area contributed by atoms with Crippen molar-refractivity contribution in [1.82, 2.24) is 0 Å². The summed E-state index contributed by atoms with van der Waals surface area (Å²) >= 11 is 0. The molecule has 104 valence electrons. The third kappa shape index (κ3) is 4.98. The lowest BCUT2D eigenvalue weighted by Gasteiger charge is -2.18. The molecule has 0 N–H and O–H groups in total. The van der Waals surface area contributed by atoms with Crippen molar-refractivity contribution in [2.24, 2.45) is 5.10 Å². The molecule has 2 nitrogen and oxygen atoms in total. The summed E-state index contributed by atoms with van der Waals surface area (Å²) in [5.74, 6) is 0. The number of hydrogen-bond acceptors (Lipinski definition) is 1. The van der Waals surface area contributed by atoms with Crippen LogP contribution in [0.1, 0.15) is 11.1 Å². The van der Waals surface area contributed by atoms with E-state index >= 15 is 0 Å². The Balaban J connectivity index is 2.20.